The first-order valence-corrected chi connectivity index (χ1v) is 8.80. The number of carbonyl (C=O) groups is 2. The smallest absolute Gasteiger partial charge is 0.268 e. The fraction of sp³-hybridized carbons (Fsp3) is 0.333. The summed E-state index contributed by atoms with van der Waals surface area (Å²) in [5.41, 5.74) is 3.43. The van der Waals surface area contributed by atoms with Gasteiger partial charge in [-0.3, -0.25) is 9.59 Å². The van der Waals surface area contributed by atoms with E-state index in [1.165, 1.54) is 6.92 Å². The van der Waals surface area contributed by atoms with Crippen LogP contribution in [0.25, 0.3) is 0 Å². The predicted molar refractivity (Wildman–Crippen MR) is 96.3 cm³/mol. The van der Waals surface area contributed by atoms with Gasteiger partial charge in [-0.15, -0.1) is 0 Å². The molecule has 6 nitrogen and oxygen atoms in total. The zero-order valence-electron chi connectivity index (χ0n) is 14.3. The Morgan fingerprint density at radius 3 is 2.76 bits per heavy atom. The van der Waals surface area contributed by atoms with E-state index in [9.17, 15) is 9.59 Å². The Morgan fingerprint density at radius 1 is 1.32 bits per heavy atom. The van der Waals surface area contributed by atoms with Crippen LogP contribution in [-0.4, -0.2) is 23.5 Å². The molecular formula is C18H19BrN2O4. The number of amides is 1. The second kappa shape index (κ2) is 6.92. The van der Waals surface area contributed by atoms with Crippen molar-refractivity contribution in [2.45, 2.75) is 33.7 Å². The quantitative estimate of drug-likeness (QED) is 0.744. The van der Waals surface area contributed by atoms with Crippen molar-refractivity contribution in [2.75, 3.05) is 6.79 Å². The summed E-state index contributed by atoms with van der Waals surface area (Å²) in [7, 11) is 0. The summed E-state index contributed by atoms with van der Waals surface area (Å²) in [6.45, 7) is 5.79. The molecule has 0 unspecified atom stereocenters. The molecule has 0 atom stereocenters. The molecule has 25 heavy (non-hydrogen) atoms. The van der Waals surface area contributed by atoms with E-state index in [1.807, 2.05) is 26.0 Å². The van der Waals surface area contributed by atoms with Crippen LogP contribution in [0.4, 0.5) is 0 Å². The zero-order chi connectivity index (χ0) is 18.1. The molecule has 2 heterocycles. The summed E-state index contributed by atoms with van der Waals surface area (Å²) in [6.07, 6.45) is 0.609. The van der Waals surface area contributed by atoms with E-state index >= 15 is 0 Å². The van der Waals surface area contributed by atoms with Gasteiger partial charge in [-0.1, -0.05) is 6.92 Å². The summed E-state index contributed by atoms with van der Waals surface area (Å²) in [5.74, 6) is 1.06. The van der Waals surface area contributed by atoms with Gasteiger partial charge in [0.2, 0.25) is 6.79 Å². The number of halogens is 1. The van der Waals surface area contributed by atoms with Crippen molar-refractivity contribution < 1.29 is 19.1 Å². The molecule has 0 bridgehead atoms. The van der Waals surface area contributed by atoms with Crippen molar-refractivity contribution >= 4 is 27.6 Å². The summed E-state index contributed by atoms with van der Waals surface area (Å²) in [4.78, 5) is 27.5. The lowest BCUT2D eigenvalue weighted by Gasteiger charge is -2.08. The number of fused-ring (bicyclic) bond motifs is 1. The molecule has 2 N–H and O–H groups in total. The maximum Gasteiger partial charge on any atom is 0.268 e. The summed E-state index contributed by atoms with van der Waals surface area (Å²) < 4.78 is 11.5. The second-order valence-corrected chi connectivity index (χ2v) is 6.74. The first kappa shape index (κ1) is 17.5. The van der Waals surface area contributed by atoms with Crippen LogP contribution in [0.2, 0.25) is 0 Å². The van der Waals surface area contributed by atoms with Crippen molar-refractivity contribution in [3.05, 3.63) is 44.7 Å². The Morgan fingerprint density at radius 2 is 2.08 bits per heavy atom. The Hall–Kier alpha value is -2.28. The molecule has 132 valence electrons. The number of benzene rings is 1. The number of aryl methyl sites for hydroxylation is 1. The molecule has 3 rings (SSSR count). The molecular weight excluding hydrogens is 388 g/mol. The van der Waals surface area contributed by atoms with Crippen molar-refractivity contribution in [3.63, 3.8) is 0 Å². The van der Waals surface area contributed by atoms with E-state index in [4.69, 9.17) is 9.47 Å². The van der Waals surface area contributed by atoms with Crippen LogP contribution in [0, 0.1) is 6.92 Å². The molecule has 2 aromatic rings. The summed E-state index contributed by atoms with van der Waals surface area (Å²) in [5, 5.41) is 2.89. The highest BCUT2D eigenvalue weighted by atomic mass is 79.9. The molecule has 0 spiro atoms. The van der Waals surface area contributed by atoms with Crippen LogP contribution >= 0.6 is 15.9 Å². The number of hydrogen-bond acceptors (Lipinski definition) is 4. The summed E-state index contributed by atoms with van der Waals surface area (Å²) in [6, 6.07) is 3.73. The Balaban J connectivity index is 1.79. The molecule has 1 aliphatic heterocycles. The van der Waals surface area contributed by atoms with Crippen LogP contribution in [-0.2, 0) is 13.0 Å². The third kappa shape index (κ3) is 3.28. The third-order valence-electron chi connectivity index (χ3n) is 4.16. The van der Waals surface area contributed by atoms with Crippen molar-refractivity contribution in [2.24, 2.45) is 0 Å². The van der Waals surface area contributed by atoms with Gasteiger partial charge in [0.15, 0.2) is 17.3 Å². The lowest BCUT2D eigenvalue weighted by molar-refractivity contribution is 0.0945. The van der Waals surface area contributed by atoms with Crippen molar-refractivity contribution in [1.29, 1.82) is 0 Å². The van der Waals surface area contributed by atoms with Gasteiger partial charge in [-0.05, 0) is 59.5 Å². The van der Waals surface area contributed by atoms with Gasteiger partial charge in [0, 0.05) is 17.8 Å². The molecule has 7 heteroatoms. The minimum absolute atomic E-state index is 0.0376. The number of H-pyrrole nitrogens is 1. The number of carbonyl (C=O) groups excluding carboxylic acids is 2. The number of ether oxygens (including phenoxy) is 2. The summed E-state index contributed by atoms with van der Waals surface area (Å²) >= 11 is 3.44. The van der Waals surface area contributed by atoms with E-state index in [0.29, 0.717) is 35.7 Å². The van der Waals surface area contributed by atoms with Gasteiger partial charge < -0.3 is 19.8 Å². The number of hydrogen-bond donors (Lipinski definition) is 2. The maximum atomic E-state index is 12.6. The van der Waals surface area contributed by atoms with E-state index < -0.39 is 0 Å². The molecule has 0 saturated heterocycles. The Bertz CT molecular complexity index is 857. The molecule has 1 aromatic heterocycles. The number of ketones is 1. The van der Waals surface area contributed by atoms with Gasteiger partial charge >= 0.3 is 0 Å². The van der Waals surface area contributed by atoms with Crippen LogP contribution in [0.5, 0.6) is 11.5 Å². The van der Waals surface area contributed by atoms with E-state index in [1.54, 1.807) is 0 Å². The zero-order valence-corrected chi connectivity index (χ0v) is 15.9. The average molecular weight is 407 g/mol. The normalized spacial score (nSPS) is 12.3. The predicted octanol–water partition coefficient (Wildman–Crippen LogP) is 3.51. The van der Waals surface area contributed by atoms with Crippen LogP contribution in [0.3, 0.4) is 0 Å². The molecule has 1 aliphatic rings. The number of aromatic nitrogens is 1. The lowest BCUT2D eigenvalue weighted by Crippen LogP contribution is -2.24. The first-order valence-electron chi connectivity index (χ1n) is 8.01. The highest BCUT2D eigenvalue weighted by Crippen LogP contribution is 2.39. The molecule has 1 amide bonds. The minimum Gasteiger partial charge on any atom is -0.454 e. The van der Waals surface area contributed by atoms with Gasteiger partial charge in [-0.25, -0.2) is 0 Å². The molecule has 0 radical (unpaired) electrons. The third-order valence-corrected chi connectivity index (χ3v) is 4.75. The molecule has 0 fully saturated rings. The first-order chi connectivity index (χ1) is 11.9. The fourth-order valence-corrected chi connectivity index (χ4v) is 3.70. The molecule has 0 saturated carbocycles. The van der Waals surface area contributed by atoms with Gasteiger partial charge in [0.05, 0.1) is 4.47 Å². The van der Waals surface area contributed by atoms with E-state index in [2.05, 4.69) is 26.2 Å². The largest absolute Gasteiger partial charge is 0.454 e. The number of nitrogens with one attached hydrogen (secondary N) is 2. The van der Waals surface area contributed by atoms with Crippen LogP contribution in [0.15, 0.2) is 16.6 Å². The van der Waals surface area contributed by atoms with Gasteiger partial charge in [0.25, 0.3) is 5.91 Å². The van der Waals surface area contributed by atoms with Crippen molar-refractivity contribution in [3.8, 4) is 11.5 Å². The maximum absolute atomic E-state index is 12.6. The molecule has 1 aromatic carbocycles. The average Bonchev–Trinajstić information content (AvgIpc) is 3.16. The number of Topliss-reactive ketones (excluding diaryl/α,β-unsaturated/α-hetero) is 1. The lowest BCUT2D eigenvalue weighted by atomic mass is 10.0. The number of rotatable bonds is 5. The highest BCUT2D eigenvalue weighted by molar-refractivity contribution is 9.10. The Kier molecular flexibility index (Phi) is 4.85. The van der Waals surface area contributed by atoms with E-state index in [0.717, 1.165) is 21.3 Å². The van der Waals surface area contributed by atoms with Gasteiger partial charge in [-0.2, -0.15) is 0 Å². The topological polar surface area (TPSA) is 80.4 Å². The fourth-order valence-electron chi connectivity index (χ4n) is 3.09. The standard InChI is InChI=1S/C18H19BrN2O4/c1-4-12-15(10(3)22)9(2)21-16(12)18(23)20-7-11-5-13(19)17-14(6-11)24-8-25-17/h5-6,21H,4,7-8H2,1-3H3,(H,20,23). The van der Waals surface area contributed by atoms with E-state index in [-0.39, 0.29) is 18.5 Å². The Labute approximate surface area is 154 Å². The SMILES string of the molecule is CCc1c(C(=O)NCc2cc(Br)c3c(c2)OCO3)[nH]c(C)c1C(C)=O. The number of aromatic amines is 1. The minimum atomic E-state index is -0.235. The molecule has 0 aliphatic carbocycles. The highest BCUT2D eigenvalue weighted by Gasteiger charge is 2.22. The van der Waals surface area contributed by atoms with Gasteiger partial charge in [0.1, 0.15) is 5.69 Å². The second-order valence-electron chi connectivity index (χ2n) is 5.88. The van der Waals surface area contributed by atoms with Crippen molar-refractivity contribution in [1.82, 2.24) is 10.3 Å². The van der Waals surface area contributed by atoms with Crippen LogP contribution in [0.1, 0.15) is 51.5 Å². The van der Waals surface area contributed by atoms with Crippen LogP contribution < -0.4 is 14.8 Å². The monoisotopic (exact) mass is 406 g/mol.